The van der Waals surface area contributed by atoms with Gasteiger partial charge in [0.05, 0.1) is 0 Å². The van der Waals surface area contributed by atoms with E-state index in [0.29, 0.717) is 0 Å². The Morgan fingerprint density at radius 3 is 2.20 bits per heavy atom. The maximum atomic E-state index is 3.55. The molecule has 20 heavy (non-hydrogen) atoms. The van der Waals surface area contributed by atoms with Gasteiger partial charge in [-0.1, -0.05) is 24.1 Å². The third-order valence-corrected chi connectivity index (χ3v) is 3.54. The lowest BCUT2D eigenvalue weighted by molar-refractivity contribution is 0.417. The minimum absolute atomic E-state index is 0.247. The normalized spacial score (nSPS) is 11.7. The van der Waals surface area contributed by atoms with E-state index in [4.69, 9.17) is 0 Å². The summed E-state index contributed by atoms with van der Waals surface area (Å²) in [6.07, 6.45) is 3.84. The lowest BCUT2D eigenvalue weighted by atomic mass is 10.1. The van der Waals surface area contributed by atoms with Gasteiger partial charge in [0.2, 0.25) is 0 Å². The lowest BCUT2D eigenvalue weighted by Gasteiger charge is -2.24. The first-order valence-electron chi connectivity index (χ1n) is 7.99. The van der Waals surface area contributed by atoms with E-state index < -0.39 is 0 Å². The van der Waals surface area contributed by atoms with Gasteiger partial charge in [-0.25, -0.2) is 0 Å². The van der Waals surface area contributed by atoms with Gasteiger partial charge in [0, 0.05) is 24.3 Å². The van der Waals surface area contributed by atoms with Gasteiger partial charge in [-0.2, -0.15) is 0 Å². The summed E-state index contributed by atoms with van der Waals surface area (Å²) in [6, 6.07) is 8.87. The molecule has 2 heteroatoms. The minimum Gasteiger partial charge on any atom is -0.372 e. The summed E-state index contributed by atoms with van der Waals surface area (Å²) in [6.45, 7) is 14.4. The molecular weight excluding hydrogens is 244 g/mol. The zero-order chi connectivity index (χ0) is 15.0. The second-order valence-electron chi connectivity index (χ2n) is 6.65. The van der Waals surface area contributed by atoms with Gasteiger partial charge in [-0.05, 0) is 66.1 Å². The van der Waals surface area contributed by atoms with Crippen LogP contribution in [0, 0.1) is 6.92 Å². The number of hydrogen-bond donors (Lipinski definition) is 1. The van der Waals surface area contributed by atoms with E-state index in [2.05, 4.69) is 69.1 Å². The first kappa shape index (κ1) is 17.0. The summed E-state index contributed by atoms with van der Waals surface area (Å²) in [5.41, 5.74) is 2.93. The van der Waals surface area contributed by atoms with Crippen molar-refractivity contribution in [1.29, 1.82) is 0 Å². The first-order chi connectivity index (χ1) is 9.42. The number of aryl methyl sites for hydroxylation is 1. The SMILES string of the molecule is CCN(CCCCCNC(C)(C)C)c1ccc(C)cc1. The molecule has 0 aliphatic carbocycles. The van der Waals surface area contributed by atoms with Crippen molar-refractivity contribution in [1.82, 2.24) is 5.32 Å². The Labute approximate surface area is 125 Å². The van der Waals surface area contributed by atoms with Crippen LogP contribution in [0.4, 0.5) is 5.69 Å². The molecule has 0 amide bonds. The molecule has 0 atom stereocenters. The molecule has 2 nitrogen and oxygen atoms in total. The smallest absolute Gasteiger partial charge is 0.0366 e. The summed E-state index contributed by atoms with van der Waals surface area (Å²) in [5, 5.41) is 3.55. The number of rotatable bonds is 8. The highest BCUT2D eigenvalue weighted by atomic mass is 15.1. The van der Waals surface area contributed by atoms with Crippen LogP contribution in [0.2, 0.25) is 0 Å². The van der Waals surface area contributed by atoms with Crippen LogP contribution in [0.15, 0.2) is 24.3 Å². The van der Waals surface area contributed by atoms with E-state index in [1.807, 2.05) is 0 Å². The minimum atomic E-state index is 0.247. The monoisotopic (exact) mass is 276 g/mol. The molecule has 0 spiro atoms. The van der Waals surface area contributed by atoms with E-state index in [9.17, 15) is 0 Å². The molecule has 0 saturated carbocycles. The van der Waals surface area contributed by atoms with Crippen molar-refractivity contribution < 1.29 is 0 Å². The van der Waals surface area contributed by atoms with Gasteiger partial charge in [-0.3, -0.25) is 0 Å². The Kier molecular flexibility index (Phi) is 7.08. The van der Waals surface area contributed by atoms with Crippen LogP contribution in [-0.2, 0) is 0 Å². The molecule has 1 aromatic rings. The molecule has 0 aliphatic heterocycles. The third kappa shape index (κ3) is 6.95. The van der Waals surface area contributed by atoms with Crippen molar-refractivity contribution in [2.24, 2.45) is 0 Å². The molecule has 0 saturated heterocycles. The van der Waals surface area contributed by atoms with Crippen LogP contribution in [0.5, 0.6) is 0 Å². The van der Waals surface area contributed by atoms with Crippen LogP contribution >= 0.6 is 0 Å². The zero-order valence-corrected chi connectivity index (χ0v) is 14.0. The predicted octanol–water partition coefficient (Wildman–Crippen LogP) is 4.38. The molecule has 0 aromatic heterocycles. The molecule has 0 heterocycles. The van der Waals surface area contributed by atoms with E-state index in [1.165, 1.54) is 30.5 Å². The van der Waals surface area contributed by atoms with Gasteiger partial charge in [0.1, 0.15) is 0 Å². The molecule has 1 rings (SSSR count). The number of nitrogens with one attached hydrogen (secondary N) is 1. The lowest BCUT2D eigenvalue weighted by Crippen LogP contribution is -2.36. The molecule has 114 valence electrons. The Balaban J connectivity index is 2.23. The number of nitrogens with zero attached hydrogens (tertiary/aromatic N) is 1. The summed E-state index contributed by atoms with van der Waals surface area (Å²) in [5.74, 6) is 0. The van der Waals surface area contributed by atoms with Gasteiger partial charge >= 0.3 is 0 Å². The van der Waals surface area contributed by atoms with E-state index in [-0.39, 0.29) is 5.54 Å². The summed E-state index contributed by atoms with van der Waals surface area (Å²) < 4.78 is 0. The van der Waals surface area contributed by atoms with Crippen molar-refractivity contribution in [3.8, 4) is 0 Å². The van der Waals surface area contributed by atoms with Crippen LogP contribution in [0.3, 0.4) is 0 Å². The third-order valence-electron chi connectivity index (χ3n) is 3.54. The second kappa shape index (κ2) is 8.31. The maximum absolute atomic E-state index is 3.55. The fourth-order valence-electron chi connectivity index (χ4n) is 2.29. The summed E-state index contributed by atoms with van der Waals surface area (Å²) >= 11 is 0. The molecule has 0 aliphatic rings. The summed E-state index contributed by atoms with van der Waals surface area (Å²) in [4.78, 5) is 2.47. The average molecular weight is 276 g/mol. The molecule has 0 unspecified atom stereocenters. The Bertz CT molecular complexity index is 362. The molecule has 1 N–H and O–H groups in total. The molecule has 0 bridgehead atoms. The van der Waals surface area contributed by atoms with E-state index >= 15 is 0 Å². The fourth-order valence-corrected chi connectivity index (χ4v) is 2.29. The topological polar surface area (TPSA) is 15.3 Å². The van der Waals surface area contributed by atoms with E-state index in [0.717, 1.165) is 19.6 Å². The van der Waals surface area contributed by atoms with Gasteiger partial charge < -0.3 is 10.2 Å². The van der Waals surface area contributed by atoms with Crippen molar-refractivity contribution in [3.63, 3.8) is 0 Å². The molecule has 0 fully saturated rings. The molecule has 0 radical (unpaired) electrons. The standard InChI is InChI=1S/C18H32N2/c1-6-20(17-12-10-16(2)11-13-17)15-9-7-8-14-19-18(3,4)5/h10-13,19H,6-9,14-15H2,1-5H3. The fraction of sp³-hybridized carbons (Fsp3) is 0.667. The first-order valence-corrected chi connectivity index (χ1v) is 7.99. The van der Waals surface area contributed by atoms with Crippen molar-refractivity contribution >= 4 is 5.69 Å². The Morgan fingerprint density at radius 1 is 1.00 bits per heavy atom. The molecule has 1 aromatic carbocycles. The van der Waals surface area contributed by atoms with Crippen molar-refractivity contribution in [2.45, 2.75) is 59.4 Å². The average Bonchev–Trinajstić information content (AvgIpc) is 2.38. The largest absolute Gasteiger partial charge is 0.372 e. The number of hydrogen-bond acceptors (Lipinski definition) is 2. The maximum Gasteiger partial charge on any atom is 0.0366 e. The van der Waals surface area contributed by atoms with Gasteiger partial charge in [0.15, 0.2) is 0 Å². The number of unbranched alkanes of at least 4 members (excludes halogenated alkanes) is 2. The quantitative estimate of drug-likeness (QED) is 0.709. The highest BCUT2D eigenvalue weighted by molar-refractivity contribution is 5.47. The van der Waals surface area contributed by atoms with Crippen LogP contribution in [0.1, 0.15) is 52.5 Å². The van der Waals surface area contributed by atoms with Gasteiger partial charge in [-0.15, -0.1) is 0 Å². The van der Waals surface area contributed by atoms with Crippen LogP contribution < -0.4 is 10.2 Å². The number of anilines is 1. The van der Waals surface area contributed by atoms with Crippen LogP contribution in [-0.4, -0.2) is 25.2 Å². The molecular formula is C18H32N2. The summed E-state index contributed by atoms with van der Waals surface area (Å²) in [7, 11) is 0. The van der Waals surface area contributed by atoms with Crippen LogP contribution in [0.25, 0.3) is 0 Å². The number of benzene rings is 1. The Hall–Kier alpha value is -1.02. The highest BCUT2D eigenvalue weighted by Gasteiger charge is 2.07. The Morgan fingerprint density at radius 2 is 1.65 bits per heavy atom. The highest BCUT2D eigenvalue weighted by Crippen LogP contribution is 2.15. The zero-order valence-electron chi connectivity index (χ0n) is 14.0. The second-order valence-corrected chi connectivity index (χ2v) is 6.65. The predicted molar refractivity (Wildman–Crippen MR) is 90.7 cm³/mol. The van der Waals surface area contributed by atoms with Crippen molar-refractivity contribution in [3.05, 3.63) is 29.8 Å². The van der Waals surface area contributed by atoms with Crippen molar-refractivity contribution in [2.75, 3.05) is 24.5 Å². The van der Waals surface area contributed by atoms with E-state index in [1.54, 1.807) is 0 Å². The van der Waals surface area contributed by atoms with Gasteiger partial charge in [0.25, 0.3) is 0 Å².